The molecule has 0 radical (unpaired) electrons. The van der Waals surface area contributed by atoms with Crippen LogP contribution in [0, 0.1) is 23.7 Å². The van der Waals surface area contributed by atoms with Gasteiger partial charge in [-0.2, -0.15) is 0 Å². The van der Waals surface area contributed by atoms with Crippen LogP contribution in [0.3, 0.4) is 0 Å². The molecule has 1 aromatic rings. The van der Waals surface area contributed by atoms with Crippen molar-refractivity contribution >= 4 is 23.5 Å². The molecule has 0 N–H and O–H groups in total. The first-order chi connectivity index (χ1) is 11.1. The average Bonchev–Trinajstić information content (AvgIpc) is 2.89. The fourth-order valence-electron chi connectivity index (χ4n) is 4.19. The zero-order chi connectivity index (χ0) is 16.1. The van der Waals surface area contributed by atoms with Crippen molar-refractivity contribution in [1.29, 1.82) is 0 Å². The summed E-state index contributed by atoms with van der Waals surface area (Å²) in [5, 5.41) is 0. The molecule has 1 aromatic carbocycles. The number of nitrogens with zero attached hydrogens (tertiary/aromatic N) is 1. The minimum absolute atomic E-state index is 0.107. The third kappa shape index (κ3) is 1.96. The van der Waals surface area contributed by atoms with E-state index in [9.17, 15) is 14.4 Å². The molecule has 4 aliphatic rings. The number of fused-ring (bicyclic) bond motifs is 1. The molecule has 1 saturated carbocycles. The number of anilines is 1. The zero-order valence-corrected chi connectivity index (χ0v) is 12.8. The molecule has 1 aliphatic heterocycles. The number of carbonyl (C=O) groups excluding carboxylic acids is 3. The highest BCUT2D eigenvalue weighted by Gasteiger charge is 2.56. The number of hydrogen-bond donors (Lipinski definition) is 0. The number of imide groups is 1. The molecular formula is C18H17NO4. The van der Waals surface area contributed by atoms with Gasteiger partial charge in [0.15, 0.2) is 0 Å². The first-order valence-electron chi connectivity index (χ1n) is 7.86. The van der Waals surface area contributed by atoms with Gasteiger partial charge in [0.25, 0.3) is 0 Å². The second-order valence-electron chi connectivity index (χ2n) is 6.39. The normalized spacial score (nSPS) is 31.4. The van der Waals surface area contributed by atoms with Gasteiger partial charge in [0.05, 0.1) is 30.2 Å². The van der Waals surface area contributed by atoms with Crippen molar-refractivity contribution < 1.29 is 19.1 Å². The van der Waals surface area contributed by atoms with Crippen LogP contribution in [0.4, 0.5) is 5.69 Å². The molecule has 118 valence electrons. The fourth-order valence-corrected chi connectivity index (χ4v) is 4.19. The Morgan fingerprint density at radius 1 is 1.00 bits per heavy atom. The molecule has 0 unspecified atom stereocenters. The van der Waals surface area contributed by atoms with Crippen LogP contribution < -0.4 is 4.90 Å². The Hall–Kier alpha value is -2.43. The lowest BCUT2D eigenvalue weighted by atomic mass is 9.63. The summed E-state index contributed by atoms with van der Waals surface area (Å²) in [5.41, 5.74) is 0.927. The number of methoxy groups -OCH3 is 1. The summed E-state index contributed by atoms with van der Waals surface area (Å²) >= 11 is 0. The highest BCUT2D eigenvalue weighted by Crippen LogP contribution is 2.50. The van der Waals surface area contributed by atoms with Crippen molar-refractivity contribution in [3.63, 3.8) is 0 Å². The van der Waals surface area contributed by atoms with Crippen molar-refractivity contribution in [3.8, 4) is 0 Å². The van der Waals surface area contributed by atoms with Gasteiger partial charge in [-0.05, 0) is 48.9 Å². The van der Waals surface area contributed by atoms with Crippen molar-refractivity contribution in [3.05, 3.63) is 42.0 Å². The van der Waals surface area contributed by atoms with E-state index in [-0.39, 0.29) is 35.5 Å². The van der Waals surface area contributed by atoms with Gasteiger partial charge >= 0.3 is 5.97 Å². The lowest BCUT2D eigenvalue weighted by Gasteiger charge is -2.38. The number of esters is 1. The highest BCUT2D eigenvalue weighted by molar-refractivity contribution is 6.22. The summed E-state index contributed by atoms with van der Waals surface area (Å²) in [6.07, 6.45) is 6.17. The third-order valence-corrected chi connectivity index (χ3v) is 5.31. The number of amides is 2. The van der Waals surface area contributed by atoms with Crippen LogP contribution in [0.2, 0.25) is 0 Å². The van der Waals surface area contributed by atoms with Gasteiger partial charge < -0.3 is 4.74 Å². The maximum Gasteiger partial charge on any atom is 0.337 e. The van der Waals surface area contributed by atoms with Gasteiger partial charge in [-0.1, -0.05) is 12.2 Å². The van der Waals surface area contributed by atoms with E-state index in [1.807, 2.05) is 0 Å². The number of rotatable bonds is 2. The first-order valence-corrected chi connectivity index (χ1v) is 7.86. The van der Waals surface area contributed by atoms with E-state index in [1.54, 1.807) is 24.3 Å². The van der Waals surface area contributed by atoms with Crippen molar-refractivity contribution in [2.75, 3.05) is 12.0 Å². The minimum Gasteiger partial charge on any atom is -0.465 e. The number of benzene rings is 1. The van der Waals surface area contributed by atoms with Crippen LogP contribution in [0.25, 0.3) is 0 Å². The zero-order valence-electron chi connectivity index (χ0n) is 12.8. The molecule has 23 heavy (non-hydrogen) atoms. The van der Waals surface area contributed by atoms with Crippen LogP contribution in [0.15, 0.2) is 36.4 Å². The smallest absolute Gasteiger partial charge is 0.337 e. The van der Waals surface area contributed by atoms with Gasteiger partial charge in [0, 0.05) is 0 Å². The van der Waals surface area contributed by atoms with Crippen LogP contribution >= 0.6 is 0 Å². The van der Waals surface area contributed by atoms with Crippen molar-refractivity contribution in [2.24, 2.45) is 23.7 Å². The van der Waals surface area contributed by atoms with E-state index < -0.39 is 5.97 Å². The minimum atomic E-state index is -0.438. The number of hydrogen-bond acceptors (Lipinski definition) is 4. The Morgan fingerprint density at radius 3 is 1.96 bits per heavy atom. The van der Waals surface area contributed by atoms with Gasteiger partial charge in [-0.15, -0.1) is 0 Å². The summed E-state index contributed by atoms with van der Waals surface area (Å²) in [7, 11) is 1.32. The molecule has 2 amide bonds. The third-order valence-electron chi connectivity index (χ3n) is 5.31. The molecule has 3 aliphatic carbocycles. The molecule has 0 spiro atoms. The topological polar surface area (TPSA) is 63.7 Å². The van der Waals surface area contributed by atoms with E-state index >= 15 is 0 Å². The quantitative estimate of drug-likeness (QED) is 0.477. The Kier molecular flexibility index (Phi) is 3.11. The molecule has 1 heterocycles. The fraction of sp³-hybridized carbons (Fsp3) is 0.389. The number of carbonyl (C=O) groups is 3. The van der Waals surface area contributed by atoms with E-state index in [0.29, 0.717) is 11.3 Å². The summed E-state index contributed by atoms with van der Waals surface area (Å²) in [6, 6.07) is 6.43. The highest BCUT2D eigenvalue weighted by atomic mass is 16.5. The summed E-state index contributed by atoms with van der Waals surface area (Å²) < 4.78 is 4.66. The van der Waals surface area contributed by atoms with Gasteiger partial charge in [-0.25, -0.2) is 4.79 Å². The van der Waals surface area contributed by atoms with Crippen molar-refractivity contribution in [2.45, 2.75) is 12.8 Å². The standard InChI is InChI=1S/C18H17NO4/c1-23-18(22)12-6-8-13(9-7-12)19-16(20)14-10-2-3-11(5-4-10)15(14)17(19)21/h2-3,6-11,14-15H,4-5H2,1H3/t10-,11-,14-,15-/m0/s1. The van der Waals surface area contributed by atoms with Gasteiger partial charge in [0.2, 0.25) is 11.8 Å². The molecule has 5 nitrogen and oxygen atoms in total. The largest absolute Gasteiger partial charge is 0.465 e. The Morgan fingerprint density at radius 2 is 1.52 bits per heavy atom. The molecule has 0 aromatic heterocycles. The maximum absolute atomic E-state index is 12.8. The summed E-state index contributed by atoms with van der Waals surface area (Å²) in [4.78, 5) is 38.4. The Balaban J connectivity index is 1.67. The summed E-state index contributed by atoms with van der Waals surface area (Å²) in [6.45, 7) is 0. The lowest BCUT2D eigenvalue weighted by Crippen LogP contribution is -2.38. The predicted molar refractivity (Wildman–Crippen MR) is 82.6 cm³/mol. The monoisotopic (exact) mass is 311 g/mol. The summed E-state index contributed by atoms with van der Waals surface area (Å²) in [5.74, 6) is -0.721. The van der Waals surface area contributed by atoms with Crippen LogP contribution in [0.5, 0.6) is 0 Å². The van der Waals surface area contributed by atoms with Crippen LogP contribution in [0.1, 0.15) is 23.2 Å². The molecule has 5 heteroatoms. The van der Waals surface area contributed by atoms with Crippen LogP contribution in [-0.2, 0) is 14.3 Å². The first kappa shape index (κ1) is 14.2. The number of allylic oxidation sites excluding steroid dienone is 2. The van der Waals surface area contributed by atoms with Gasteiger partial charge in [-0.3, -0.25) is 14.5 Å². The average molecular weight is 311 g/mol. The second-order valence-corrected chi connectivity index (χ2v) is 6.39. The Labute approximate surface area is 133 Å². The van der Waals surface area contributed by atoms with Crippen LogP contribution in [-0.4, -0.2) is 24.9 Å². The van der Waals surface area contributed by atoms with E-state index in [1.165, 1.54) is 12.0 Å². The molecule has 5 rings (SSSR count). The molecule has 4 atom stereocenters. The van der Waals surface area contributed by atoms with Gasteiger partial charge in [0.1, 0.15) is 0 Å². The predicted octanol–water partition coefficient (Wildman–Crippen LogP) is 2.17. The van der Waals surface area contributed by atoms with E-state index in [4.69, 9.17) is 0 Å². The van der Waals surface area contributed by atoms with E-state index in [0.717, 1.165) is 12.8 Å². The molecule has 2 bridgehead atoms. The SMILES string of the molecule is COC(=O)c1ccc(N2C(=O)[C@@H]3[C@@H](C2=O)[C@H]2C=C[C@H]3CC2)cc1. The van der Waals surface area contributed by atoms with Crippen molar-refractivity contribution in [1.82, 2.24) is 0 Å². The molecular weight excluding hydrogens is 294 g/mol. The maximum atomic E-state index is 12.8. The Bertz CT molecular complexity index is 689. The molecule has 1 saturated heterocycles. The molecule has 2 fully saturated rings. The lowest BCUT2D eigenvalue weighted by molar-refractivity contribution is -0.124. The number of ether oxygens (including phenoxy) is 1. The second kappa shape index (κ2) is 5.05. The van der Waals surface area contributed by atoms with E-state index in [2.05, 4.69) is 16.9 Å².